The Bertz CT molecular complexity index is 461. The zero-order chi connectivity index (χ0) is 15.0. The van der Waals surface area contributed by atoms with E-state index < -0.39 is 0 Å². The smallest absolute Gasteiger partial charge is 0.264 e. The molecule has 1 aromatic heterocycles. The molecule has 0 atom stereocenters. The minimum Gasteiger partial charge on any atom is -0.496 e. The Hall–Kier alpha value is -1.80. The molecule has 7 nitrogen and oxygen atoms in total. The van der Waals surface area contributed by atoms with Crippen LogP contribution < -0.4 is 10.5 Å². The second kappa shape index (κ2) is 8.39. The summed E-state index contributed by atoms with van der Waals surface area (Å²) < 4.78 is 10.1. The highest BCUT2D eigenvalue weighted by Crippen LogP contribution is 2.22. The third-order valence-corrected chi connectivity index (χ3v) is 3.54. The molecule has 0 aliphatic heterocycles. The molecule has 0 saturated heterocycles. The molecule has 1 aromatic rings. The topological polar surface area (TPSA) is 97.4 Å². The molecule has 0 aromatic carbocycles. The Morgan fingerprint density at radius 2 is 2.25 bits per heavy atom. The van der Waals surface area contributed by atoms with Crippen LogP contribution in [0.2, 0.25) is 0 Å². The van der Waals surface area contributed by atoms with Gasteiger partial charge in [-0.2, -0.15) is 0 Å². The SMILES string of the molecule is COCCN(CCC(N)=NO)C(=O)c1cc(OC)cs1. The van der Waals surface area contributed by atoms with Gasteiger partial charge in [0.2, 0.25) is 0 Å². The summed E-state index contributed by atoms with van der Waals surface area (Å²) in [5.41, 5.74) is 5.43. The number of nitrogens with two attached hydrogens (primary N) is 1. The number of methoxy groups -OCH3 is 2. The third kappa shape index (κ3) is 4.71. The van der Waals surface area contributed by atoms with E-state index in [0.717, 1.165) is 0 Å². The highest BCUT2D eigenvalue weighted by molar-refractivity contribution is 7.12. The largest absolute Gasteiger partial charge is 0.496 e. The summed E-state index contributed by atoms with van der Waals surface area (Å²) >= 11 is 1.32. The van der Waals surface area contributed by atoms with Gasteiger partial charge in [0.25, 0.3) is 5.91 Å². The molecular formula is C12H19N3O4S. The maximum absolute atomic E-state index is 12.4. The molecule has 1 rings (SSSR count). The monoisotopic (exact) mass is 301 g/mol. The van der Waals surface area contributed by atoms with Crippen molar-refractivity contribution in [2.45, 2.75) is 6.42 Å². The molecular weight excluding hydrogens is 282 g/mol. The van der Waals surface area contributed by atoms with Gasteiger partial charge in [-0.25, -0.2) is 0 Å². The zero-order valence-electron chi connectivity index (χ0n) is 11.5. The number of hydrogen-bond acceptors (Lipinski definition) is 6. The van der Waals surface area contributed by atoms with Crippen molar-refractivity contribution < 1.29 is 19.5 Å². The van der Waals surface area contributed by atoms with Crippen LogP contribution in [0.25, 0.3) is 0 Å². The Labute approximate surface area is 121 Å². The molecule has 0 bridgehead atoms. The molecule has 1 amide bonds. The molecule has 0 saturated carbocycles. The van der Waals surface area contributed by atoms with Crippen LogP contribution in [-0.2, 0) is 4.74 Å². The maximum Gasteiger partial charge on any atom is 0.264 e. The molecule has 3 N–H and O–H groups in total. The van der Waals surface area contributed by atoms with E-state index in [2.05, 4.69) is 5.16 Å². The molecule has 0 spiro atoms. The second-order valence-electron chi connectivity index (χ2n) is 3.98. The van der Waals surface area contributed by atoms with Gasteiger partial charge < -0.3 is 25.3 Å². The molecule has 112 valence electrons. The Kier molecular flexibility index (Phi) is 6.82. The number of amidine groups is 1. The van der Waals surface area contributed by atoms with Crippen molar-refractivity contribution in [3.05, 3.63) is 16.3 Å². The van der Waals surface area contributed by atoms with Gasteiger partial charge in [0, 0.05) is 38.1 Å². The summed E-state index contributed by atoms with van der Waals surface area (Å²) in [5.74, 6) is 0.617. The van der Waals surface area contributed by atoms with E-state index in [1.54, 1.807) is 30.6 Å². The van der Waals surface area contributed by atoms with Crippen LogP contribution in [0.3, 0.4) is 0 Å². The molecule has 8 heteroatoms. The van der Waals surface area contributed by atoms with Crippen LogP contribution in [0.15, 0.2) is 16.6 Å². The van der Waals surface area contributed by atoms with E-state index in [4.69, 9.17) is 20.4 Å². The number of nitrogens with zero attached hydrogens (tertiary/aromatic N) is 2. The summed E-state index contributed by atoms with van der Waals surface area (Å²) in [6.07, 6.45) is 0.300. The van der Waals surface area contributed by atoms with Crippen LogP contribution in [0.1, 0.15) is 16.1 Å². The first-order valence-electron chi connectivity index (χ1n) is 5.99. The van der Waals surface area contributed by atoms with Gasteiger partial charge in [-0.1, -0.05) is 5.16 Å². The van der Waals surface area contributed by atoms with Gasteiger partial charge in [-0.3, -0.25) is 4.79 Å². The normalized spacial score (nSPS) is 11.4. The fourth-order valence-electron chi connectivity index (χ4n) is 1.51. The summed E-state index contributed by atoms with van der Waals surface area (Å²) in [5, 5.41) is 13.2. The van der Waals surface area contributed by atoms with Crippen molar-refractivity contribution >= 4 is 23.1 Å². The first-order chi connectivity index (χ1) is 9.62. The van der Waals surface area contributed by atoms with Crippen molar-refractivity contribution in [2.75, 3.05) is 33.9 Å². The molecule has 0 aliphatic carbocycles. The van der Waals surface area contributed by atoms with Gasteiger partial charge in [0.1, 0.15) is 11.6 Å². The van der Waals surface area contributed by atoms with Gasteiger partial charge in [-0.15, -0.1) is 11.3 Å². The predicted octanol–water partition coefficient (Wildman–Crippen LogP) is 0.982. The summed E-state index contributed by atoms with van der Waals surface area (Å²) in [6.45, 7) is 1.22. The first-order valence-corrected chi connectivity index (χ1v) is 6.87. The molecule has 0 radical (unpaired) electrons. The average molecular weight is 301 g/mol. The first kappa shape index (κ1) is 16.3. The van der Waals surface area contributed by atoms with Crippen molar-refractivity contribution in [1.82, 2.24) is 4.90 Å². The minimum absolute atomic E-state index is 0.0870. The van der Waals surface area contributed by atoms with E-state index in [9.17, 15) is 4.79 Å². The van der Waals surface area contributed by atoms with Gasteiger partial charge in [0.15, 0.2) is 0 Å². The number of hydrogen-bond donors (Lipinski definition) is 2. The number of carbonyl (C=O) groups is 1. The lowest BCUT2D eigenvalue weighted by Gasteiger charge is -2.21. The Morgan fingerprint density at radius 3 is 2.80 bits per heavy atom. The lowest BCUT2D eigenvalue weighted by molar-refractivity contribution is 0.0705. The van der Waals surface area contributed by atoms with E-state index in [-0.39, 0.29) is 11.7 Å². The highest BCUT2D eigenvalue weighted by atomic mass is 32.1. The number of ether oxygens (including phenoxy) is 2. The fraction of sp³-hybridized carbons (Fsp3) is 0.500. The molecule has 20 heavy (non-hydrogen) atoms. The standard InChI is InChI=1S/C12H19N3O4S/c1-18-6-5-15(4-3-11(13)14-17)12(16)10-7-9(19-2)8-20-10/h7-8,17H,3-6H2,1-2H3,(H2,13,14). The summed E-state index contributed by atoms with van der Waals surface area (Å²) in [7, 11) is 3.12. The minimum atomic E-state index is -0.124. The Morgan fingerprint density at radius 1 is 1.50 bits per heavy atom. The second-order valence-corrected chi connectivity index (χ2v) is 4.89. The van der Waals surface area contributed by atoms with Gasteiger partial charge in [-0.05, 0) is 0 Å². The Balaban J connectivity index is 2.72. The van der Waals surface area contributed by atoms with Crippen molar-refractivity contribution in [3.8, 4) is 5.75 Å². The van der Waals surface area contributed by atoms with Crippen LogP contribution in [0.4, 0.5) is 0 Å². The van der Waals surface area contributed by atoms with Gasteiger partial charge >= 0.3 is 0 Å². The summed E-state index contributed by atoms with van der Waals surface area (Å²) in [4.78, 5) is 14.5. The maximum atomic E-state index is 12.4. The lowest BCUT2D eigenvalue weighted by atomic mass is 10.3. The van der Waals surface area contributed by atoms with Gasteiger partial charge in [0.05, 0.1) is 18.6 Å². The fourth-order valence-corrected chi connectivity index (χ4v) is 2.33. The number of rotatable bonds is 8. The molecule has 1 heterocycles. The van der Waals surface area contributed by atoms with E-state index in [1.807, 2.05) is 0 Å². The highest BCUT2D eigenvalue weighted by Gasteiger charge is 2.18. The van der Waals surface area contributed by atoms with E-state index in [1.165, 1.54) is 11.3 Å². The molecule has 0 aliphatic rings. The van der Waals surface area contributed by atoms with Crippen molar-refractivity contribution in [3.63, 3.8) is 0 Å². The van der Waals surface area contributed by atoms with E-state index in [0.29, 0.717) is 36.7 Å². The van der Waals surface area contributed by atoms with Crippen LogP contribution >= 0.6 is 11.3 Å². The van der Waals surface area contributed by atoms with Crippen molar-refractivity contribution in [2.24, 2.45) is 10.9 Å². The molecule has 0 fully saturated rings. The third-order valence-electron chi connectivity index (χ3n) is 2.64. The predicted molar refractivity (Wildman–Crippen MR) is 76.7 cm³/mol. The quantitative estimate of drug-likeness (QED) is 0.323. The molecule has 0 unspecified atom stereocenters. The number of oxime groups is 1. The zero-order valence-corrected chi connectivity index (χ0v) is 12.4. The number of amides is 1. The van der Waals surface area contributed by atoms with Crippen molar-refractivity contribution in [1.29, 1.82) is 0 Å². The van der Waals surface area contributed by atoms with Crippen LogP contribution in [0.5, 0.6) is 5.75 Å². The summed E-state index contributed by atoms with van der Waals surface area (Å²) in [6, 6.07) is 1.69. The number of thiophene rings is 1. The van der Waals surface area contributed by atoms with Crippen LogP contribution in [0, 0.1) is 0 Å². The van der Waals surface area contributed by atoms with E-state index >= 15 is 0 Å². The number of carbonyl (C=O) groups excluding carboxylic acids is 1. The van der Waals surface area contributed by atoms with Crippen LogP contribution in [-0.4, -0.2) is 55.8 Å². The lowest BCUT2D eigenvalue weighted by Crippen LogP contribution is -2.36. The average Bonchev–Trinajstić information content (AvgIpc) is 2.95.